The van der Waals surface area contributed by atoms with Gasteiger partial charge in [-0.2, -0.15) is 0 Å². The zero-order valence-electron chi connectivity index (χ0n) is 16.4. The van der Waals surface area contributed by atoms with E-state index in [9.17, 15) is 24.0 Å². The van der Waals surface area contributed by atoms with Gasteiger partial charge in [0.1, 0.15) is 0 Å². The Labute approximate surface area is 172 Å². The monoisotopic (exact) mass is 408 g/mol. The summed E-state index contributed by atoms with van der Waals surface area (Å²) in [4.78, 5) is 64.8. The van der Waals surface area contributed by atoms with Crippen LogP contribution in [0.15, 0.2) is 24.3 Å². The van der Waals surface area contributed by atoms with Crippen molar-refractivity contribution in [1.82, 2.24) is 9.80 Å². The summed E-state index contributed by atoms with van der Waals surface area (Å²) in [6, 6.07) is 6.08. The topological polar surface area (TPSA) is 112 Å². The molecule has 0 unspecified atom stereocenters. The Hall–Kier alpha value is -3.55. The second-order valence-corrected chi connectivity index (χ2v) is 7.45. The van der Waals surface area contributed by atoms with Crippen LogP contribution in [0.3, 0.4) is 0 Å². The maximum atomic E-state index is 13.0. The van der Waals surface area contributed by atoms with E-state index >= 15 is 0 Å². The zero-order chi connectivity index (χ0) is 21.6. The largest absolute Gasteiger partial charge is 0.481 e. The number of carboxylic acids is 1. The fourth-order valence-corrected chi connectivity index (χ4v) is 4.09. The van der Waals surface area contributed by atoms with Crippen molar-refractivity contribution in [2.75, 3.05) is 13.1 Å². The van der Waals surface area contributed by atoms with Crippen LogP contribution in [0.25, 0.3) is 10.8 Å². The van der Waals surface area contributed by atoms with Gasteiger partial charge in [0.25, 0.3) is 23.6 Å². The molecule has 0 atom stereocenters. The summed E-state index contributed by atoms with van der Waals surface area (Å²) in [6.07, 6.45) is 1.50. The lowest BCUT2D eigenvalue weighted by Gasteiger charge is -2.31. The number of carbonyl (C=O) groups excluding carboxylic acids is 4. The highest BCUT2D eigenvalue weighted by atomic mass is 16.4. The highest BCUT2D eigenvalue weighted by molar-refractivity contribution is 6.33. The van der Waals surface area contributed by atoms with Crippen LogP contribution in [-0.2, 0) is 4.79 Å². The summed E-state index contributed by atoms with van der Waals surface area (Å²) in [6.45, 7) is 2.27. The number of unbranched alkanes of at least 4 members (excludes halogenated alkanes) is 1. The molecule has 30 heavy (non-hydrogen) atoms. The molecule has 8 nitrogen and oxygen atoms in total. The molecule has 0 radical (unpaired) electrons. The average molecular weight is 408 g/mol. The lowest BCUT2D eigenvalue weighted by atomic mass is 9.86. The number of amides is 4. The van der Waals surface area contributed by atoms with Gasteiger partial charge in [-0.1, -0.05) is 13.3 Å². The van der Waals surface area contributed by atoms with Crippen LogP contribution in [0.2, 0.25) is 0 Å². The number of hydrogen-bond acceptors (Lipinski definition) is 5. The third kappa shape index (κ3) is 2.87. The lowest BCUT2D eigenvalue weighted by molar-refractivity contribution is -0.137. The Bertz CT molecular complexity index is 1070. The first-order chi connectivity index (χ1) is 14.4. The SMILES string of the molecule is CCCCN1C(=O)c2ccc3c4c(ccc(c24)C1=O)C(=O)N(CCCC(=O)O)C3=O. The molecule has 2 aliphatic rings. The molecule has 0 aromatic heterocycles. The molecule has 8 heteroatoms. The average Bonchev–Trinajstić information content (AvgIpc) is 2.72. The van der Waals surface area contributed by atoms with Gasteiger partial charge in [0.15, 0.2) is 0 Å². The molecule has 0 bridgehead atoms. The van der Waals surface area contributed by atoms with Gasteiger partial charge in [-0.15, -0.1) is 0 Å². The predicted molar refractivity (Wildman–Crippen MR) is 106 cm³/mol. The Balaban J connectivity index is 1.82. The van der Waals surface area contributed by atoms with Gasteiger partial charge < -0.3 is 5.11 Å². The van der Waals surface area contributed by atoms with E-state index in [1.807, 2.05) is 6.92 Å². The van der Waals surface area contributed by atoms with Gasteiger partial charge in [0, 0.05) is 52.5 Å². The minimum Gasteiger partial charge on any atom is -0.481 e. The Morgan fingerprint density at radius 2 is 1.10 bits per heavy atom. The number of benzene rings is 2. The van der Waals surface area contributed by atoms with E-state index in [2.05, 4.69) is 0 Å². The van der Waals surface area contributed by atoms with E-state index in [4.69, 9.17) is 5.11 Å². The number of hydrogen-bond donors (Lipinski definition) is 1. The predicted octanol–water partition coefficient (Wildman–Crippen LogP) is 2.70. The third-order valence-electron chi connectivity index (χ3n) is 5.57. The van der Waals surface area contributed by atoms with Crippen molar-refractivity contribution in [3.63, 3.8) is 0 Å². The van der Waals surface area contributed by atoms with Crippen LogP contribution >= 0.6 is 0 Å². The summed E-state index contributed by atoms with van der Waals surface area (Å²) < 4.78 is 0. The van der Waals surface area contributed by atoms with Crippen molar-refractivity contribution in [2.45, 2.75) is 32.6 Å². The molecule has 1 N–H and O–H groups in total. The van der Waals surface area contributed by atoms with E-state index < -0.39 is 29.6 Å². The van der Waals surface area contributed by atoms with Gasteiger partial charge in [0.05, 0.1) is 0 Å². The molecule has 0 aliphatic carbocycles. The molecule has 0 saturated heterocycles. The van der Waals surface area contributed by atoms with Gasteiger partial charge in [-0.3, -0.25) is 33.8 Å². The van der Waals surface area contributed by atoms with Gasteiger partial charge in [-0.05, 0) is 37.1 Å². The second kappa shape index (κ2) is 7.37. The number of nitrogens with zero attached hydrogens (tertiary/aromatic N) is 2. The Kier molecular flexibility index (Phi) is 4.85. The van der Waals surface area contributed by atoms with Crippen molar-refractivity contribution >= 4 is 40.4 Å². The van der Waals surface area contributed by atoms with E-state index in [0.717, 1.165) is 11.3 Å². The van der Waals surface area contributed by atoms with Gasteiger partial charge in [-0.25, -0.2) is 0 Å². The molecule has 0 spiro atoms. The molecule has 4 amide bonds. The standard InChI is InChI=1S/C22H20N2O6/c1-2-3-10-23-19(27)12-6-8-14-18-15(9-7-13(17(12)18)20(23)28)22(30)24(21(14)29)11-4-5-16(25)26/h6-9H,2-5,10-11H2,1H3,(H,25,26). The summed E-state index contributed by atoms with van der Waals surface area (Å²) in [5.41, 5.74) is 1.09. The van der Waals surface area contributed by atoms with Crippen LogP contribution in [0, 0.1) is 0 Å². The third-order valence-corrected chi connectivity index (χ3v) is 5.57. The molecule has 2 heterocycles. The summed E-state index contributed by atoms with van der Waals surface area (Å²) >= 11 is 0. The Morgan fingerprint density at radius 3 is 1.43 bits per heavy atom. The number of carbonyl (C=O) groups is 5. The van der Waals surface area contributed by atoms with Gasteiger partial charge in [0.2, 0.25) is 0 Å². The van der Waals surface area contributed by atoms with E-state index in [-0.39, 0.29) is 30.5 Å². The maximum absolute atomic E-state index is 13.0. The van der Waals surface area contributed by atoms with Gasteiger partial charge >= 0.3 is 5.97 Å². The van der Waals surface area contributed by atoms with E-state index in [1.165, 1.54) is 29.2 Å². The summed E-state index contributed by atoms with van der Waals surface area (Å²) in [5.74, 6) is -2.94. The van der Waals surface area contributed by atoms with Crippen LogP contribution < -0.4 is 0 Å². The fraction of sp³-hybridized carbons (Fsp3) is 0.318. The molecular weight excluding hydrogens is 388 g/mol. The normalized spacial score (nSPS) is 15.4. The Morgan fingerprint density at radius 1 is 0.733 bits per heavy atom. The molecule has 2 aromatic rings. The van der Waals surface area contributed by atoms with Crippen molar-refractivity contribution < 1.29 is 29.1 Å². The number of carboxylic acid groups (broad SMARTS) is 1. The fourth-order valence-electron chi connectivity index (χ4n) is 4.09. The molecule has 2 aliphatic heterocycles. The van der Waals surface area contributed by atoms with Crippen LogP contribution in [0.1, 0.15) is 74.0 Å². The maximum Gasteiger partial charge on any atom is 0.303 e. The smallest absolute Gasteiger partial charge is 0.303 e. The second-order valence-electron chi connectivity index (χ2n) is 7.45. The van der Waals surface area contributed by atoms with E-state index in [1.54, 1.807) is 0 Å². The van der Waals surface area contributed by atoms with Crippen molar-refractivity contribution in [3.05, 3.63) is 46.5 Å². The summed E-state index contributed by atoms with van der Waals surface area (Å²) in [7, 11) is 0. The molecule has 0 saturated carbocycles. The minimum absolute atomic E-state index is 0.0168. The zero-order valence-corrected chi connectivity index (χ0v) is 16.4. The number of imide groups is 2. The van der Waals surface area contributed by atoms with Crippen LogP contribution in [0.4, 0.5) is 0 Å². The van der Waals surface area contributed by atoms with Crippen molar-refractivity contribution in [3.8, 4) is 0 Å². The molecule has 4 rings (SSSR count). The van der Waals surface area contributed by atoms with E-state index in [0.29, 0.717) is 34.9 Å². The molecule has 2 aromatic carbocycles. The first-order valence-electron chi connectivity index (χ1n) is 9.90. The minimum atomic E-state index is -1.00. The first-order valence-corrected chi connectivity index (χ1v) is 9.90. The molecule has 0 fully saturated rings. The van der Waals surface area contributed by atoms with Crippen molar-refractivity contribution in [2.24, 2.45) is 0 Å². The molecular formula is C22H20N2O6. The van der Waals surface area contributed by atoms with Crippen LogP contribution in [-0.4, -0.2) is 57.6 Å². The lowest BCUT2D eigenvalue weighted by Crippen LogP contribution is -2.43. The first kappa shape index (κ1) is 19.8. The highest BCUT2D eigenvalue weighted by Crippen LogP contribution is 2.37. The summed E-state index contributed by atoms with van der Waals surface area (Å²) in [5, 5.41) is 9.49. The molecule has 154 valence electrons. The number of aliphatic carboxylic acids is 1. The highest BCUT2D eigenvalue weighted by Gasteiger charge is 2.39. The quantitative estimate of drug-likeness (QED) is 0.705. The number of rotatable bonds is 7. The van der Waals surface area contributed by atoms with Crippen molar-refractivity contribution in [1.29, 1.82) is 0 Å². The van der Waals surface area contributed by atoms with Crippen LogP contribution in [0.5, 0.6) is 0 Å².